The minimum absolute atomic E-state index is 0.430. The monoisotopic (exact) mass is 288 g/mol. The Kier molecular flexibility index (Phi) is 4.51. The van der Waals surface area contributed by atoms with Gasteiger partial charge in [0.2, 0.25) is 0 Å². The van der Waals surface area contributed by atoms with Crippen molar-refractivity contribution in [1.29, 1.82) is 0 Å². The van der Waals surface area contributed by atoms with Gasteiger partial charge in [0.1, 0.15) is 12.4 Å². The minimum atomic E-state index is 0.430. The molecule has 1 aromatic rings. The quantitative estimate of drug-likeness (QED) is 0.920. The van der Waals surface area contributed by atoms with Crippen molar-refractivity contribution in [2.75, 3.05) is 19.7 Å². The molecule has 3 nitrogen and oxygen atoms in total. The SMILES string of the molecule is CCC(C)C1CN(C2COc3ccccc32)C(CC)CN1. The van der Waals surface area contributed by atoms with Crippen LogP contribution in [0.3, 0.4) is 0 Å². The second-order valence-corrected chi connectivity index (χ2v) is 6.52. The number of hydrogen-bond acceptors (Lipinski definition) is 3. The molecule has 1 fully saturated rings. The van der Waals surface area contributed by atoms with E-state index in [9.17, 15) is 0 Å². The summed E-state index contributed by atoms with van der Waals surface area (Å²) in [6.07, 6.45) is 2.43. The Morgan fingerprint density at radius 1 is 1.33 bits per heavy atom. The summed E-state index contributed by atoms with van der Waals surface area (Å²) in [5.74, 6) is 1.80. The van der Waals surface area contributed by atoms with Gasteiger partial charge in [0, 0.05) is 30.7 Å². The third kappa shape index (κ3) is 2.82. The average molecular weight is 288 g/mol. The van der Waals surface area contributed by atoms with E-state index in [-0.39, 0.29) is 0 Å². The van der Waals surface area contributed by atoms with Crippen molar-refractivity contribution in [3.05, 3.63) is 29.8 Å². The highest BCUT2D eigenvalue weighted by Gasteiger charge is 2.37. The number of fused-ring (bicyclic) bond motifs is 1. The van der Waals surface area contributed by atoms with Crippen molar-refractivity contribution in [3.8, 4) is 5.75 Å². The number of piperazine rings is 1. The Morgan fingerprint density at radius 3 is 2.90 bits per heavy atom. The summed E-state index contributed by atoms with van der Waals surface area (Å²) < 4.78 is 5.92. The predicted molar refractivity (Wildman–Crippen MR) is 86.7 cm³/mol. The minimum Gasteiger partial charge on any atom is -0.491 e. The average Bonchev–Trinajstić information content (AvgIpc) is 2.97. The molecule has 0 spiro atoms. The van der Waals surface area contributed by atoms with Crippen LogP contribution in [0, 0.1) is 5.92 Å². The standard InChI is InChI=1S/C18H28N2O/c1-4-13(3)16-11-20(14(5-2)10-19-16)17-12-21-18-9-7-6-8-15(17)18/h6-9,13-14,16-17,19H,4-5,10-12H2,1-3H3. The zero-order chi connectivity index (χ0) is 14.8. The molecule has 0 radical (unpaired) electrons. The topological polar surface area (TPSA) is 24.5 Å². The largest absolute Gasteiger partial charge is 0.491 e. The molecule has 1 saturated heterocycles. The Hall–Kier alpha value is -1.06. The Bertz CT molecular complexity index is 476. The highest BCUT2D eigenvalue weighted by atomic mass is 16.5. The van der Waals surface area contributed by atoms with Gasteiger partial charge in [-0.25, -0.2) is 0 Å². The van der Waals surface area contributed by atoms with Crippen LogP contribution in [0.5, 0.6) is 5.75 Å². The summed E-state index contributed by atoms with van der Waals surface area (Å²) >= 11 is 0. The van der Waals surface area contributed by atoms with Crippen LogP contribution in [0.1, 0.15) is 45.2 Å². The molecule has 0 bridgehead atoms. The molecule has 3 heteroatoms. The zero-order valence-corrected chi connectivity index (χ0v) is 13.5. The Morgan fingerprint density at radius 2 is 2.14 bits per heavy atom. The van der Waals surface area contributed by atoms with Crippen molar-refractivity contribution < 1.29 is 4.74 Å². The lowest BCUT2D eigenvalue weighted by Gasteiger charge is -2.44. The van der Waals surface area contributed by atoms with E-state index in [4.69, 9.17) is 4.74 Å². The summed E-state index contributed by atoms with van der Waals surface area (Å²) in [5.41, 5.74) is 1.38. The molecule has 0 amide bonds. The summed E-state index contributed by atoms with van der Waals surface area (Å²) in [4.78, 5) is 2.69. The molecule has 0 aromatic heterocycles. The maximum Gasteiger partial charge on any atom is 0.124 e. The van der Waals surface area contributed by atoms with Crippen LogP contribution in [0.2, 0.25) is 0 Å². The molecule has 0 saturated carbocycles. The summed E-state index contributed by atoms with van der Waals surface area (Å²) in [6.45, 7) is 9.99. The van der Waals surface area contributed by atoms with E-state index in [0.717, 1.165) is 31.4 Å². The van der Waals surface area contributed by atoms with E-state index >= 15 is 0 Å². The number of para-hydroxylation sites is 1. The molecule has 1 N–H and O–H groups in total. The van der Waals surface area contributed by atoms with Crippen molar-refractivity contribution in [3.63, 3.8) is 0 Å². The summed E-state index contributed by atoms with van der Waals surface area (Å²) in [6, 6.07) is 10.2. The van der Waals surface area contributed by atoms with Crippen LogP contribution in [0.4, 0.5) is 0 Å². The van der Waals surface area contributed by atoms with E-state index in [1.54, 1.807) is 0 Å². The first kappa shape index (κ1) is 14.9. The van der Waals surface area contributed by atoms with Gasteiger partial charge >= 0.3 is 0 Å². The first-order chi connectivity index (χ1) is 10.2. The van der Waals surface area contributed by atoms with Crippen LogP contribution >= 0.6 is 0 Å². The van der Waals surface area contributed by atoms with E-state index in [1.807, 2.05) is 0 Å². The lowest BCUT2D eigenvalue weighted by atomic mass is 9.92. The Labute approximate surface area is 128 Å². The fourth-order valence-corrected chi connectivity index (χ4v) is 3.69. The third-order valence-electron chi connectivity index (χ3n) is 5.37. The molecule has 0 aliphatic carbocycles. The highest BCUT2D eigenvalue weighted by molar-refractivity contribution is 5.39. The maximum atomic E-state index is 5.92. The summed E-state index contributed by atoms with van der Waals surface area (Å²) in [5, 5.41) is 3.77. The number of nitrogens with one attached hydrogen (secondary N) is 1. The fourth-order valence-electron chi connectivity index (χ4n) is 3.69. The number of nitrogens with zero attached hydrogens (tertiary/aromatic N) is 1. The fraction of sp³-hybridized carbons (Fsp3) is 0.667. The number of rotatable bonds is 4. The van der Waals surface area contributed by atoms with Crippen molar-refractivity contribution >= 4 is 0 Å². The third-order valence-corrected chi connectivity index (χ3v) is 5.37. The maximum absolute atomic E-state index is 5.92. The molecular weight excluding hydrogens is 260 g/mol. The molecule has 1 aromatic carbocycles. The second-order valence-electron chi connectivity index (χ2n) is 6.52. The molecular formula is C18H28N2O. The molecule has 116 valence electrons. The van der Waals surface area contributed by atoms with Gasteiger partial charge < -0.3 is 10.1 Å². The molecule has 21 heavy (non-hydrogen) atoms. The second kappa shape index (κ2) is 6.37. The first-order valence-electron chi connectivity index (χ1n) is 8.45. The molecule has 2 heterocycles. The van der Waals surface area contributed by atoms with Gasteiger partial charge in [0.15, 0.2) is 0 Å². The van der Waals surface area contributed by atoms with Crippen LogP contribution in [0.15, 0.2) is 24.3 Å². The highest BCUT2D eigenvalue weighted by Crippen LogP contribution is 2.38. The zero-order valence-electron chi connectivity index (χ0n) is 13.5. The van der Waals surface area contributed by atoms with Crippen LogP contribution < -0.4 is 10.1 Å². The van der Waals surface area contributed by atoms with Gasteiger partial charge in [-0.15, -0.1) is 0 Å². The summed E-state index contributed by atoms with van der Waals surface area (Å²) in [7, 11) is 0. The van der Waals surface area contributed by atoms with Crippen LogP contribution in [-0.2, 0) is 0 Å². The van der Waals surface area contributed by atoms with E-state index in [0.29, 0.717) is 18.1 Å². The number of hydrogen-bond donors (Lipinski definition) is 1. The van der Waals surface area contributed by atoms with Crippen LogP contribution in [0.25, 0.3) is 0 Å². The smallest absolute Gasteiger partial charge is 0.124 e. The lowest BCUT2D eigenvalue weighted by Crippen LogP contribution is -2.59. The van der Waals surface area contributed by atoms with E-state index < -0.39 is 0 Å². The van der Waals surface area contributed by atoms with Gasteiger partial charge in [0.25, 0.3) is 0 Å². The molecule has 3 rings (SSSR count). The van der Waals surface area contributed by atoms with Gasteiger partial charge in [0.05, 0.1) is 6.04 Å². The van der Waals surface area contributed by atoms with Gasteiger partial charge in [-0.1, -0.05) is 45.4 Å². The van der Waals surface area contributed by atoms with Gasteiger partial charge in [-0.3, -0.25) is 4.90 Å². The normalized spacial score (nSPS) is 30.7. The van der Waals surface area contributed by atoms with Crippen molar-refractivity contribution in [2.24, 2.45) is 5.92 Å². The number of ether oxygens (including phenoxy) is 1. The van der Waals surface area contributed by atoms with Crippen molar-refractivity contribution in [2.45, 2.75) is 51.7 Å². The lowest BCUT2D eigenvalue weighted by molar-refractivity contribution is 0.0537. The van der Waals surface area contributed by atoms with E-state index in [1.165, 1.54) is 18.4 Å². The Balaban J connectivity index is 1.81. The van der Waals surface area contributed by atoms with E-state index in [2.05, 4.69) is 55.3 Å². The van der Waals surface area contributed by atoms with Crippen LogP contribution in [-0.4, -0.2) is 36.7 Å². The molecule has 4 unspecified atom stereocenters. The molecule has 2 aliphatic rings. The van der Waals surface area contributed by atoms with Gasteiger partial charge in [-0.2, -0.15) is 0 Å². The van der Waals surface area contributed by atoms with Crippen molar-refractivity contribution in [1.82, 2.24) is 10.2 Å². The predicted octanol–water partition coefficient (Wildman–Crippen LogP) is 3.22. The molecule has 2 aliphatic heterocycles. The molecule has 4 atom stereocenters. The number of benzene rings is 1. The first-order valence-corrected chi connectivity index (χ1v) is 8.45. The van der Waals surface area contributed by atoms with Gasteiger partial charge in [-0.05, 0) is 18.4 Å².